The summed E-state index contributed by atoms with van der Waals surface area (Å²) in [6, 6.07) is 23.2. The lowest BCUT2D eigenvalue weighted by molar-refractivity contribution is -0.115. The van der Waals surface area contributed by atoms with Crippen molar-refractivity contribution in [3.63, 3.8) is 0 Å². The summed E-state index contributed by atoms with van der Waals surface area (Å²) in [4.78, 5) is 29.0. The minimum absolute atomic E-state index is 0.153. The Kier molecular flexibility index (Phi) is 6.79. The van der Waals surface area contributed by atoms with E-state index in [1.165, 1.54) is 11.3 Å². The molecule has 32 heavy (non-hydrogen) atoms. The molecule has 0 bridgehead atoms. The number of nitrogens with zero attached hydrogens (tertiary/aromatic N) is 1. The molecule has 0 atom stereocenters. The van der Waals surface area contributed by atoms with E-state index >= 15 is 0 Å². The van der Waals surface area contributed by atoms with Crippen LogP contribution in [0.3, 0.4) is 0 Å². The minimum Gasteiger partial charge on any atom is -0.326 e. The van der Waals surface area contributed by atoms with E-state index in [0.29, 0.717) is 27.8 Å². The van der Waals surface area contributed by atoms with Crippen molar-refractivity contribution in [2.75, 3.05) is 16.0 Å². The van der Waals surface area contributed by atoms with Gasteiger partial charge in [-0.05, 0) is 42.5 Å². The molecule has 3 amide bonds. The van der Waals surface area contributed by atoms with Crippen LogP contribution in [-0.2, 0) is 11.2 Å². The van der Waals surface area contributed by atoms with Gasteiger partial charge in [0.1, 0.15) is 5.01 Å². The Morgan fingerprint density at radius 3 is 2.06 bits per heavy atom. The van der Waals surface area contributed by atoms with Crippen LogP contribution in [0.25, 0.3) is 10.6 Å². The third-order valence-electron chi connectivity index (χ3n) is 4.46. The monoisotopic (exact) mass is 462 g/mol. The number of halogens is 1. The van der Waals surface area contributed by atoms with Crippen LogP contribution in [-0.4, -0.2) is 16.9 Å². The van der Waals surface area contributed by atoms with Crippen molar-refractivity contribution < 1.29 is 9.59 Å². The number of aromatic nitrogens is 1. The molecule has 1 aromatic heterocycles. The molecular formula is C24H19ClN4O2S. The number of urea groups is 1. The van der Waals surface area contributed by atoms with Crippen LogP contribution in [0.4, 0.5) is 21.9 Å². The van der Waals surface area contributed by atoms with Crippen molar-refractivity contribution in [1.82, 2.24) is 4.98 Å². The molecule has 8 heteroatoms. The summed E-state index contributed by atoms with van der Waals surface area (Å²) in [6.45, 7) is 0. The summed E-state index contributed by atoms with van der Waals surface area (Å²) in [7, 11) is 0. The first-order chi connectivity index (χ1) is 15.6. The molecule has 4 rings (SSSR count). The molecule has 0 saturated carbocycles. The molecule has 0 radical (unpaired) electrons. The zero-order valence-electron chi connectivity index (χ0n) is 16.8. The molecule has 3 N–H and O–H groups in total. The lowest BCUT2D eigenvalue weighted by atomic mass is 10.2. The number of rotatable bonds is 6. The molecule has 3 aromatic carbocycles. The molecule has 0 spiro atoms. The molecule has 0 fully saturated rings. The Morgan fingerprint density at radius 2 is 1.38 bits per heavy atom. The van der Waals surface area contributed by atoms with Crippen LogP contribution in [0, 0.1) is 0 Å². The van der Waals surface area contributed by atoms with E-state index in [4.69, 9.17) is 11.6 Å². The van der Waals surface area contributed by atoms with Crippen LogP contribution in [0.15, 0.2) is 84.2 Å². The van der Waals surface area contributed by atoms with Crippen LogP contribution in [0.5, 0.6) is 0 Å². The van der Waals surface area contributed by atoms with Crippen molar-refractivity contribution in [2.45, 2.75) is 6.42 Å². The van der Waals surface area contributed by atoms with Gasteiger partial charge in [0.2, 0.25) is 5.91 Å². The highest BCUT2D eigenvalue weighted by molar-refractivity contribution is 7.13. The molecule has 1 heterocycles. The van der Waals surface area contributed by atoms with Gasteiger partial charge >= 0.3 is 6.03 Å². The molecule has 160 valence electrons. The summed E-state index contributed by atoms with van der Waals surface area (Å²) < 4.78 is 0. The van der Waals surface area contributed by atoms with Gasteiger partial charge in [0.25, 0.3) is 0 Å². The van der Waals surface area contributed by atoms with E-state index in [1.54, 1.807) is 36.4 Å². The Labute approximate surface area is 194 Å². The van der Waals surface area contributed by atoms with Crippen LogP contribution < -0.4 is 16.0 Å². The standard InChI is InChI=1S/C24H19ClN4O2S/c25-21-9-5-4-8-20(21)23-27-19(15-32-23)14-22(30)26-17-10-12-18(13-11-17)29-24(31)28-16-6-2-1-3-7-16/h1-13,15H,14H2,(H,26,30)(H2,28,29,31). The van der Waals surface area contributed by atoms with Gasteiger partial charge < -0.3 is 16.0 Å². The lowest BCUT2D eigenvalue weighted by Crippen LogP contribution is -2.19. The first-order valence-corrected chi connectivity index (χ1v) is 11.0. The maximum Gasteiger partial charge on any atom is 0.323 e. The van der Waals surface area contributed by atoms with Crippen molar-refractivity contribution in [2.24, 2.45) is 0 Å². The molecular weight excluding hydrogens is 444 g/mol. The van der Waals surface area contributed by atoms with Gasteiger partial charge in [-0.1, -0.05) is 48.0 Å². The predicted octanol–water partition coefficient (Wildman–Crippen LogP) is 6.29. The van der Waals surface area contributed by atoms with Crippen molar-refractivity contribution in [1.29, 1.82) is 0 Å². The maximum absolute atomic E-state index is 12.4. The lowest BCUT2D eigenvalue weighted by Gasteiger charge is -2.09. The van der Waals surface area contributed by atoms with E-state index in [0.717, 1.165) is 10.6 Å². The van der Waals surface area contributed by atoms with Gasteiger partial charge in [0, 0.05) is 28.0 Å². The van der Waals surface area contributed by atoms with Crippen molar-refractivity contribution in [3.05, 3.63) is 95.0 Å². The summed E-state index contributed by atoms with van der Waals surface area (Å²) in [5.74, 6) is -0.177. The number of hydrogen-bond donors (Lipinski definition) is 3. The third kappa shape index (κ3) is 5.72. The number of thiazole rings is 1. The zero-order valence-corrected chi connectivity index (χ0v) is 18.4. The predicted molar refractivity (Wildman–Crippen MR) is 130 cm³/mol. The summed E-state index contributed by atoms with van der Waals surface area (Å²) in [5, 5.41) is 11.6. The molecule has 0 unspecified atom stereocenters. The van der Waals surface area contributed by atoms with E-state index in [1.807, 2.05) is 47.8 Å². The fraction of sp³-hybridized carbons (Fsp3) is 0.0417. The molecule has 0 aliphatic heterocycles. The highest BCUT2D eigenvalue weighted by Crippen LogP contribution is 2.30. The van der Waals surface area contributed by atoms with Crippen LogP contribution in [0.1, 0.15) is 5.69 Å². The van der Waals surface area contributed by atoms with E-state index < -0.39 is 0 Å². The summed E-state index contributed by atoms with van der Waals surface area (Å²) >= 11 is 7.67. The Hall–Kier alpha value is -3.68. The van der Waals surface area contributed by atoms with Gasteiger partial charge in [-0.25, -0.2) is 9.78 Å². The number of hydrogen-bond acceptors (Lipinski definition) is 4. The topological polar surface area (TPSA) is 83.1 Å². The van der Waals surface area contributed by atoms with E-state index in [9.17, 15) is 9.59 Å². The molecule has 0 aliphatic carbocycles. The SMILES string of the molecule is O=C(Cc1csc(-c2ccccc2Cl)n1)Nc1ccc(NC(=O)Nc2ccccc2)cc1. The summed E-state index contributed by atoms with van der Waals surface area (Å²) in [5.41, 5.74) is 3.48. The Morgan fingerprint density at radius 1 is 0.781 bits per heavy atom. The average molecular weight is 463 g/mol. The van der Waals surface area contributed by atoms with Gasteiger partial charge in [-0.15, -0.1) is 11.3 Å². The number of carbonyl (C=O) groups is 2. The second kappa shape index (κ2) is 10.1. The Bertz CT molecular complexity index is 1230. The van der Waals surface area contributed by atoms with Gasteiger partial charge in [-0.3, -0.25) is 4.79 Å². The average Bonchev–Trinajstić information content (AvgIpc) is 3.24. The zero-order chi connectivity index (χ0) is 22.3. The normalized spacial score (nSPS) is 10.4. The number of amides is 3. The number of carbonyl (C=O) groups excluding carboxylic acids is 2. The minimum atomic E-state index is -0.342. The number of anilines is 3. The number of benzene rings is 3. The highest BCUT2D eigenvalue weighted by atomic mass is 35.5. The number of para-hydroxylation sites is 1. The quantitative estimate of drug-likeness (QED) is 0.315. The van der Waals surface area contributed by atoms with Crippen molar-refractivity contribution in [3.8, 4) is 10.6 Å². The highest BCUT2D eigenvalue weighted by Gasteiger charge is 2.11. The Balaban J connectivity index is 1.30. The van der Waals surface area contributed by atoms with Gasteiger partial charge in [0.05, 0.1) is 17.1 Å². The molecule has 0 saturated heterocycles. The van der Waals surface area contributed by atoms with Gasteiger partial charge in [0.15, 0.2) is 0 Å². The maximum atomic E-state index is 12.4. The smallest absolute Gasteiger partial charge is 0.323 e. The summed E-state index contributed by atoms with van der Waals surface area (Å²) in [6.07, 6.45) is 0.153. The molecule has 6 nitrogen and oxygen atoms in total. The largest absolute Gasteiger partial charge is 0.326 e. The van der Waals surface area contributed by atoms with E-state index in [2.05, 4.69) is 20.9 Å². The molecule has 0 aliphatic rings. The van der Waals surface area contributed by atoms with Crippen LogP contribution in [0.2, 0.25) is 5.02 Å². The van der Waals surface area contributed by atoms with Crippen molar-refractivity contribution >= 4 is 51.9 Å². The molecule has 4 aromatic rings. The van der Waals surface area contributed by atoms with E-state index in [-0.39, 0.29) is 18.4 Å². The second-order valence-corrected chi connectivity index (χ2v) is 8.14. The first kappa shape index (κ1) is 21.5. The number of nitrogens with one attached hydrogen (secondary N) is 3. The first-order valence-electron chi connectivity index (χ1n) is 9.79. The fourth-order valence-electron chi connectivity index (χ4n) is 2.97. The third-order valence-corrected chi connectivity index (χ3v) is 5.71. The van der Waals surface area contributed by atoms with Crippen LogP contribution >= 0.6 is 22.9 Å². The van der Waals surface area contributed by atoms with Gasteiger partial charge in [-0.2, -0.15) is 0 Å². The second-order valence-electron chi connectivity index (χ2n) is 6.87. The fourth-order valence-corrected chi connectivity index (χ4v) is 4.11.